The first kappa shape index (κ1) is 21.4. The Morgan fingerprint density at radius 2 is 1.45 bits per heavy atom. The summed E-state index contributed by atoms with van der Waals surface area (Å²) in [5.74, 6) is 0. The number of rotatable bonds is 4. The molecule has 0 nitrogen and oxygen atoms in total. The van der Waals surface area contributed by atoms with Crippen molar-refractivity contribution in [3.05, 3.63) is 125 Å². The second kappa shape index (κ2) is 8.84. The van der Waals surface area contributed by atoms with E-state index in [9.17, 15) is 0 Å². The van der Waals surface area contributed by atoms with E-state index >= 15 is 0 Å². The molecule has 0 unspecified atom stereocenters. The van der Waals surface area contributed by atoms with Gasteiger partial charge in [-0.05, 0) is 86.6 Å². The molecule has 0 saturated heterocycles. The molecule has 5 aromatic rings. The number of benzene rings is 5. The Balaban J connectivity index is 1.95. The van der Waals surface area contributed by atoms with Crippen molar-refractivity contribution in [2.24, 2.45) is 0 Å². The number of hydrogen-bond donors (Lipinski definition) is 0. The standard InChI is InChI=1S/C32H25Br/c1-4-21(3)18-22(5-2)31-27-12-8-9-13-28(27)32(29-17-16-26(33)20-30(29)31)25-15-14-23-10-6-7-11-24(23)19-25/h4-20H,1H2,2-3H3. The van der Waals surface area contributed by atoms with E-state index in [4.69, 9.17) is 0 Å². The lowest BCUT2D eigenvalue weighted by atomic mass is 9.85. The summed E-state index contributed by atoms with van der Waals surface area (Å²) in [6, 6.07) is 30.8. The van der Waals surface area contributed by atoms with Crippen LogP contribution in [0.1, 0.15) is 19.4 Å². The van der Waals surface area contributed by atoms with E-state index < -0.39 is 0 Å². The molecule has 0 aliphatic rings. The summed E-state index contributed by atoms with van der Waals surface area (Å²) in [5, 5.41) is 7.54. The Morgan fingerprint density at radius 3 is 2.21 bits per heavy atom. The first-order valence-corrected chi connectivity index (χ1v) is 12.0. The van der Waals surface area contributed by atoms with Crippen LogP contribution in [0.3, 0.4) is 0 Å². The minimum Gasteiger partial charge on any atom is -0.0988 e. The highest BCUT2D eigenvalue weighted by molar-refractivity contribution is 9.10. The fraction of sp³-hybridized carbons (Fsp3) is 0.0625. The van der Waals surface area contributed by atoms with Gasteiger partial charge in [0, 0.05) is 4.47 Å². The second-order valence-electron chi connectivity index (χ2n) is 8.38. The Bertz CT molecular complexity index is 1600. The van der Waals surface area contributed by atoms with Gasteiger partial charge in [-0.15, -0.1) is 0 Å². The number of fused-ring (bicyclic) bond motifs is 3. The molecule has 0 saturated carbocycles. The lowest BCUT2D eigenvalue weighted by molar-refractivity contribution is 1.53. The molecule has 0 aliphatic heterocycles. The van der Waals surface area contributed by atoms with Gasteiger partial charge in [-0.1, -0.05) is 113 Å². The van der Waals surface area contributed by atoms with Crippen LogP contribution < -0.4 is 0 Å². The molecular formula is C32H25Br. The molecule has 0 atom stereocenters. The molecule has 0 fully saturated rings. The Hall–Kier alpha value is -3.42. The maximum Gasteiger partial charge on any atom is 0.0181 e. The van der Waals surface area contributed by atoms with Crippen LogP contribution in [0.2, 0.25) is 0 Å². The summed E-state index contributed by atoms with van der Waals surface area (Å²) in [6.07, 6.45) is 6.34. The van der Waals surface area contributed by atoms with Crippen LogP contribution in [-0.4, -0.2) is 0 Å². The molecule has 5 rings (SSSR count). The zero-order chi connectivity index (χ0) is 22.9. The highest BCUT2D eigenvalue weighted by Gasteiger charge is 2.17. The first-order chi connectivity index (χ1) is 16.1. The third-order valence-electron chi connectivity index (χ3n) is 6.33. The molecule has 0 spiro atoms. The van der Waals surface area contributed by atoms with Crippen LogP contribution in [0, 0.1) is 0 Å². The summed E-state index contributed by atoms with van der Waals surface area (Å²) in [4.78, 5) is 0. The molecule has 160 valence electrons. The summed E-state index contributed by atoms with van der Waals surface area (Å²) in [5.41, 5.74) is 6.13. The molecule has 5 aromatic carbocycles. The molecule has 0 radical (unpaired) electrons. The van der Waals surface area contributed by atoms with E-state index in [1.807, 2.05) is 6.08 Å². The largest absolute Gasteiger partial charge is 0.0988 e. The molecule has 0 heterocycles. The van der Waals surface area contributed by atoms with Gasteiger partial charge in [0.25, 0.3) is 0 Å². The Morgan fingerprint density at radius 1 is 0.758 bits per heavy atom. The zero-order valence-corrected chi connectivity index (χ0v) is 20.5. The van der Waals surface area contributed by atoms with Gasteiger partial charge >= 0.3 is 0 Å². The number of allylic oxidation sites excluding steroid dienone is 5. The van der Waals surface area contributed by atoms with Crippen molar-refractivity contribution < 1.29 is 0 Å². The van der Waals surface area contributed by atoms with Crippen molar-refractivity contribution in [1.29, 1.82) is 0 Å². The van der Waals surface area contributed by atoms with E-state index in [0.717, 1.165) is 10.0 Å². The average molecular weight is 489 g/mol. The zero-order valence-electron chi connectivity index (χ0n) is 18.9. The van der Waals surface area contributed by atoms with E-state index in [1.54, 1.807) is 0 Å². The van der Waals surface area contributed by atoms with Crippen molar-refractivity contribution in [1.82, 2.24) is 0 Å². The van der Waals surface area contributed by atoms with Gasteiger partial charge in [-0.3, -0.25) is 0 Å². The van der Waals surface area contributed by atoms with Crippen molar-refractivity contribution in [3.8, 4) is 11.1 Å². The Labute approximate surface area is 203 Å². The fourth-order valence-electron chi connectivity index (χ4n) is 4.72. The van der Waals surface area contributed by atoms with Crippen molar-refractivity contribution in [3.63, 3.8) is 0 Å². The monoisotopic (exact) mass is 488 g/mol. The molecule has 0 bridgehead atoms. The SMILES string of the molecule is C=CC(C)=CC(=CC)c1c2ccccc2c(-c2ccc3ccccc3c2)c2ccc(Br)cc12. The normalized spacial score (nSPS) is 12.6. The first-order valence-electron chi connectivity index (χ1n) is 11.2. The quantitative estimate of drug-likeness (QED) is 0.174. The maximum absolute atomic E-state index is 3.96. The van der Waals surface area contributed by atoms with E-state index in [2.05, 4.69) is 133 Å². The predicted octanol–water partition coefficient (Wildman–Crippen LogP) is 10.1. The lowest BCUT2D eigenvalue weighted by Crippen LogP contribution is -1.93. The van der Waals surface area contributed by atoms with E-state index in [-0.39, 0.29) is 0 Å². The molecule has 33 heavy (non-hydrogen) atoms. The van der Waals surface area contributed by atoms with Gasteiger partial charge in [-0.2, -0.15) is 0 Å². The van der Waals surface area contributed by atoms with Crippen LogP contribution in [0.4, 0.5) is 0 Å². The minimum absolute atomic E-state index is 1.08. The smallest absolute Gasteiger partial charge is 0.0181 e. The molecule has 1 heteroatoms. The number of halogens is 1. The van der Waals surface area contributed by atoms with Crippen molar-refractivity contribution in [2.75, 3.05) is 0 Å². The lowest BCUT2D eigenvalue weighted by Gasteiger charge is -2.19. The molecule has 0 aliphatic carbocycles. The molecule has 0 aromatic heterocycles. The van der Waals surface area contributed by atoms with Gasteiger partial charge in [0.15, 0.2) is 0 Å². The third kappa shape index (κ3) is 3.83. The van der Waals surface area contributed by atoms with Crippen LogP contribution in [-0.2, 0) is 0 Å². The van der Waals surface area contributed by atoms with Gasteiger partial charge < -0.3 is 0 Å². The van der Waals surface area contributed by atoms with Gasteiger partial charge in [-0.25, -0.2) is 0 Å². The van der Waals surface area contributed by atoms with Crippen molar-refractivity contribution >= 4 is 53.8 Å². The predicted molar refractivity (Wildman–Crippen MR) is 150 cm³/mol. The third-order valence-corrected chi connectivity index (χ3v) is 6.82. The van der Waals surface area contributed by atoms with Gasteiger partial charge in [0.2, 0.25) is 0 Å². The highest BCUT2D eigenvalue weighted by atomic mass is 79.9. The van der Waals surface area contributed by atoms with Gasteiger partial charge in [0.1, 0.15) is 0 Å². The number of hydrogen-bond acceptors (Lipinski definition) is 0. The van der Waals surface area contributed by atoms with Crippen LogP contribution in [0.15, 0.2) is 120 Å². The summed E-state index contributed by atoms with van der Waals surface area (Å²) >= 11 is 3.73. The van der Waals surface area contributed by atoms with Gasteiger partial charge in [0.05, 0.1) is 0 Å². The van der Waals surface area contributed by atoms with Crippen molar-refractivity contribution in [2.45, 2.75) is 13.8 Å². The summed E-state index contributed by atoms with van der Waals surface area (Å²) in [7, 11) is 0. The minimum atomic E-state index is 1.08. The molecule has 0 amide bonds. The maximum atomic E-state index is 3.96. The topological polar surface area (TPSA) is 0 Å². The highest BCUT2D eigenvalue weighted by Crippen LogP contribution is 2.43. The van der Waals surface area contributed by atoms with Crippen LogP contribution >= 0.6 is 15.9 Å². The van der Waals surface area contributed by atoms with E-state index in [1.165, 1.54) is 54.6 Å². The second-order valence-corrected chi connectivity index (χ2v) is 9.30. The molecule has 0 N–H and O–H groups in total. The van der Waals surface area contributed by atoms with E-state index in [0.29, 0.717) is 0 Å². The Kier molecular flexibility index (Phi) is 5.74. The summed E-state index contributed by atoms with van der Waals surface area (Å²) in [6.45, 7) is 8.16. The average Bonchev–Trinajstić information content (AvgIpc) is 2.85. The molecular weight excluding hydrogens is 464 g/mol. The summed E-state index contributed by atoms with van der Waals surface area (Å²) < 4.78 is 1.08. The fourth-order valence-corrected chi connectivity index (χ4v) is 5.08. The van der Waals surface area contributed by atoms with Crippen LogP contribution in [0.5, 0.6) is 0 Å². The van der Waals surface area contributed by atoms with Crippen LogP contribution in [0.25, 0.3) is 49.0 Å².